The Hall–Kier alpha value is -2.52. The van der Waals surface area contributed by atoms with Gasteiger partial charge in [0, 0.05) is 35.9 Å². The van der Waals surface area contributed by atoms with E-state index in [1.165, 1.54) is 67.9 Å². The van der Waals surface area contributed by atoms with Crippen molar-refractivity contribution in [3.63, 3.8) is 0 Å². The lowest BCUT2D eigenvalue weighted by Crippen LogP contribution is -2.38. The summed E-state index contributed by atoms with van der Waals surface area (Å²) in [5.41, 5.74) is 2.59. The van der Waals surface area contributed by atoms with E-state index in [9.17, 15) is 14.3 Å². The number of carboxylic acids is 1. The summed E-state index contributed by atoms with van der Waals surface area (Å²) in [6, 6.07) is 2.88. The first kappa shape index (κ1) is 22.7. The summed E-state index contributed by atoms with van der Waals surface area (Å²) < 4.78 is 27.5. The largest absolute Gasteiger partial charge is 0.478 e. The van der Waals surface area contributed by atoms with Crippen LogP contribution in [-0.2, 0) is 11.3 Å². The van der Waals surface area contributed by atoms with Gasteiger partial charge in [-0.2, -0.15) is 0 Å². The topological polar surface area (TPSA) is 88.7 Å². The summed E-state index contributed by atoms with van der Waals surface area (Å²) in [6.07, 6.45) is 10.8. The van der Waals surface area contributed by atoms with E-state index in [0.29, 0.717) is 35.1 Å². The monoisotopic (exact) mass is 511 g/mol. The SMILES string of the molecule is O=C(O)c1cc(F)c2nc(N3C[C@@H]4C[C@H]3C[C@H]4OCc3c(C4CCCCC4)noc3C3CC3)sc2c1. The number of aromatic nitrogens is 2. The number of aromatic carboxylic acids is 1. The van der Waals surface area contributed by atoms with Crippen LogP contribution in [0.2, 0.25) is 0 Å². The van der Waals surface area contributed by atoms with E-state index in [0.717, 1.165) is 42.0 Å². The molecule has 3 saturated carbocycles. The zero-order valence-electron chi connectivity index (χ0n) is 20.1. The molecule has 1 N–H and O–H groups in total. The van der Waals surface area contributed by atoms with Crippen molar-refractivity contribution in [3.05, 3.63) is 40.5 Å². The van der Waals surface area contributed by atoms with Crippen molar-refractivity contribution in [2.45, 2.75) is 88.4 Å². The van der Waals surface area contributed by atoms with E-state index in [2.05, 4.69) is 15.0 Å². The van der Waals surface area contributed by atoms with Crippen LogP contribution in [-0.4, -0.2) is 39.9 Å². The van der Waals surface area contributed by atoms with Gasteiger partial charge in [-0.15, -0.1) is 0 Å². The molecule has 0 radical (unpaired) electrons. The number of nitrogens with zero attached hydrogens (tertiary/aromatic N) is 3. The zero-order valence-corrected chi connectivity index (χ0v) is 20.9. The van der Waals surface area contributed by atoms with Gasteiger partial charge in [-0.25, -0.2) is 14.2 Å². The Morgan fingerprint density at radius 2 is 2.00 bits per heavy atom. The van der Waals surface area contributed by atoms with Crippen LogP contribution in [0.1, 0.15) is 97.0 Å². The lowest BCUT2D eigenvalue weighted by molar-refractivity contribution is 0.0116. The molecule has 2 bridgehead atoms. The smallest absolute Gasteiger partial charge is 0.335 e. The highest BCUT2D eigenvalue weighted by atomic mass is 32.1. The van der Waals surface area contributed by atoms with Gasteiger partial charge in [0.1, 0.15) is 11.3 Å². The van der Waals surface area contributed by atoms with Gasteiger partial charge in [-0.05, 0) is 50.7 Å². The van der Waals surface area contributed by atoms with E-state index in [1.54, 1.807) is 0 Å². The molecule has 3 heterocycles. The van der Waals surface area contributed by atoms with Crippen LogP contribution in [0.3, 0.4) is 0 Å². The lowest BCUT2D eigenvalue weighted by atomic mass is 9.85. The van der Waals surface area contributed by atoms with E-state index >= 15 is 0 Å². The Morgan fingerprint density at radius 3 is 2.72 bits per heavy atom. The second-order valence-electron chi connectivity index (χ2n) is 11.0. The quantitative estimate of drug-likeness (QED) is 0.402. The minimum Gasteiger partial charge on any atom is -0.478 e. The van der Waals surface area contributed by atoms with Crippen LogP contribution in [0.4, 0.5) is 9.52 Å². The highest BCUT2D eigenvalue weighted by Crippen LogP contribution is 2.47. The Morgan fingerprint density at radius 1 is 1.17 bits per heavy atom. The predicted molar refractivity (Wildman–Crippen MR) is 133 cm³/mol. The van der Waals surface area contributed by atoms with Crippen molar-refractivity contribution >= 4 is 32.7 Å². The molecule has 9 heteroatoms. The fourth-order valence-corrected chi connectivity index (χ4v) is 7.70. The fraction of sp³-hybridized carbons (Fsp3) is 0.593. The number of carbonyl (C=O) groups is 1. The highest BCUT2D eigenvalue weighted by molar-refractivity contribution is 7.22. The molecule has 3 aliphatic carbocycles. The first-order valence-corrected chi connectivity index (χ1v) is 14.1. The average molecular weight is 512 g/mol. The van der Waals surface area contributed by atoms with Crippen molar-refractivity contribution in [1.82, 2.24) is 10.1 Å². The third-order valence-corrected chi connectivity index (χ3v) is 9.68. The summed E-state index contributed by atoms with van der Waals surface area (Å²) in [4.78, 5) is 18.1. The maximum absolute atomic E-state index is 14.5. The van der Waals surface area contributed by atoms with E-state index < -0.39 is 11.8 Å². The summed E-state index contributed by atoms with van der Waals surface area (Å²) in [5, 5.41) is 14.6. The Bertz CT molecular complexity index is 1310. The molecular weight excluding hydrogens is 481 g/mol. The van der Waals surface area contributed by atoms with Crippen molar-refractivity contribution in [2.24, 2.45) is 5.92 Å². The number of piperidine rings is 1. The van der Waals surface area contributed by atoms with E-state index in [-0.39, 0.29) is 17.2 Å². The third kappa shape index (κ3) is 3.91. The first-order chi connectivity index (χ1) is 17.5. The molecule has 0 spiro atoms. The van der Waals surface area contributed by atoms with Crippen molar-refractivity contribution in [3.8, 4) is 0 Å². The number of fused-ring (bicyclic) bond motifs is 3. The van der Waals surface area contributed by atoms with Crippen LogP contribution >= 0.6 is 11.3 Å². The second kappa shape index (κ2) is 8.80. The molecule has 1 aliphatic heterocycles. The van der Waals surface area contributed by atoms with Gasteiger partial charge in [0.25, 0.3) is 0 Å². The Balaban J connectivity index is 1.05. The predicted octanol–water partition coefficient (Wildman–Crippen LogP) is 6.23. The fourth-order valence-electron chi connectivity index (χ4n) is 6.60. The molecule has 3 atom stereocenters. The molecular formula is C27H30FN3O4S. The number of hydrogen-bond acceptors (Lipinski definition) is 7. The maximum atomic E-state index is 14.5. The van der Waals surface area contributed by atoms with Gasteiger partial charge in [0.05, 0.1) is 28.7 Å². The summed E-state index contributed by atoms with van der Waals surface area (Å²) in [5.74, 6) is 0.791. The number of hydrogen-bond donors (Lipinski definition) is 1. The van der Waals surface area contributed by atoms with Gasteiger partial charge in [-0.1, -0.05) is 35.8 Å². The van der Waals surface area contributed by atoms with Crippen LogP contribution < -0.4 is 4.90 Å². The second-order valence-corrected chi connectivity index (χ2v) is 12.0. The van der Waals surface area contributed by atoms with Gasteiger partial charge in [-0.3, -0.25) is 0 Å². The summed E-state index contributed by atoms with van der Waals surface area (Å²) in [6.45, 7) is 1.41. The number of carboxylic acid groups (broad SMARTS) is 1. The van der Waals surface area contributed by atoms with Crippen LogP contribution in [0, 0.1) is 11.7 Å². The molecule has 1 aromatic carbocycles. The molecule has 0 unspecified atom stereocenters. The average Bonchev–Trinajstić information content (AvgIpc) is 3.23. The van der Waals surface area contributed by atoms with Crippen LogP contribution in [0.5, 0.6) is 0 Å². The van der Waals surface area contributed by atoms with Crippen molar-refractivity contribution in [2.75, 3.05) is 11.4 Å². The molecule has 36 heavy (non-hydrogen) atoms. The third-order valence-electron chi connectivity index (χ3n) is 8.64. The molecule has 4 fully saturated rings. The number of halogens is 1. The molecule has 3 aromatic rings. The number of thiazole rings is 1. The molecule has 7 rings (SSSR count). The molecule has 1 saturated heterocycles. The van der Waals surface area contributed by atoms with Crippen LogP contribution in [0.25, 0.3) is 10.2 Å². The molecule has 190 valence electrons. The maximum Gasteiger partial charge on any atom is 0.335 e. The summed E-state index contributed by atoms with van der Waals surface area (Å²) in [7, 11) is 0. The number of benzene rings is 1. The van der Waals surface area contributed by atoms with Crippen LogP contribution in [0.15, 0.2) is 16.7 Å². The molecule has 2 aromatic heterocycles. The van der Waals surface area contributed by atoms with E-state index in [1.807, 2.05) is 0 Å². The normalized spacial score (nSPS) is 26.4. The minimum atomic E-state index is -1.13. The number of anilines is 1. The number of rotatable bonds is 7. The van der Waals surface area contributed by atoms with Gasteiger partial charge in [0.2, 0.25) is 0 Å². The molecule has 7 nitrogen and oxygen atoms in total. The van der Waals surface area contributed by atoms with Crippen molar-refractivity contribution in [1.29, 1.82) is 0 Å². The Labute approximate surface area is 212 Å². The number of ether oxygens (including phenoxy) is 1. The van der Waals surface area contributed by atoms with Gasteiger partial charge < -0.3 is 19.3 Å². The summed E-state index contributed by atoms with van der Waals surface area (Å²) >= 11 is 1.37. The van der Waals surface area contributed by atoms with E-state index in [4.69, 9.17) is 9.26 Å². The standard InChI is InChI=1S/C27H30FN3O4S/c28-20-9-16(26(32)33)10-22-24(20)29-27(36-22)31-12-17-8-18(31)11-21(17)34-13-19-23(14-4-2-1-3-5-14)30-35-25(19)15-6-7-15/h9-10,14-15,17-18,21H,1-8,11-13H2,(H,32,33)/t17-,18-,21+/m0/s1. The molecule has 4 aliphatic rings. The zero-order chi connectivity index (χ0) is 24.4. The lowest BCUT2D eigenvalue weighted by Gasteiger charge is -2.31. The highest BCUT2D eigenvalue weighted by Gasteiger charge is 2.46. The van der Waals surface area contributed by atoms with Crippen molar-refractivity contribution < 1.29 is 23.6 Å². The Kier molecular flexibility index (Phi) is 5.54. The first-order valence-electron chi connectivity index (χ1n) is 13.2. The van der Waals surface area contributed by atoms with Gasteiger partial charge >= 0.3 is 5.97 Å². The molecule has 0 amide bonds. The van der Waals surface area contributed by atoms with Gasteiger partial charge in [0.15, 0.2) is 10.9 Å². The minimum absolute atomic E-state index is 0.0430.